The summed E-state index contributed by atoms with van der Waals surface area (Å²) in [5.74, 6) is 1.78. The molecule has 0 spiro atoms. The fourth-order valence-corrected chi connectivity index (χ4v) is 3.98. The number of imidazole rings is 1. The number of aromatic nitrogens is 2. The number of rotatable bonds is 4. The minimum atomic E-state index is -0.270. The van der Waals surface area contributed by atoms with Gasteiger partial charge < -0.3 is 14.8 Å². The summed E-state index contributed by atoms with van der Waals surface area (Å²) in [6.07, 6.45) is 2.10. The molecule has 5 nitrogen and oxygen atoms in total. The number of anilines is 1. The Labute approximate surface area is 173 Å². The van der Waals surface area contributed by atoms with Gasteiger partial charge in [0.1, 0.15) is 5.82 Å². The number of fused-ring (bicyclic) bond motifs is 3. The molecule has 4 aromatic rings. The van der Waals surface area contributed by atoms with E-state index in [2.05, 4.69) is 16.0 Å². The number of benzene rings is 3. The van der Waals surface area contributed by atoms with Gasteiger partial charge in [0, 0.05) is 11.3 Å². The lowest BCUT2D eigenvalue weighted by molar-refractivity contribution is 0.350. The highest BCUT2D eigenvalue weighted by Crippen LogP contribution is 2.42. The van der Waals surface area contributed by atoms with Gasteiger partial charge >= 0.3 is 0 Å². The highest BCUT2D eigenvalue weighted by Gasteiger charge is 2.28. The van der Waals surface area contributed by atoms with Crippen LogP contribution in [0.5, 0.6) is 11.5 Å². The minimum Gasteiger partial charge on any atom is -0.493 e. The molecule has 1 N–H and O–H groups in total. The topological polar surface area (TPSA) is 48.3 Å². The van der Waals surface area contributed by atoms with Crippen LogP contribution in [0.2, 0.25) is 0 Å². The second-order valence-corrected chi connectivity index (χ2v) is 7.03. The molecule has 0 unspecified atom stereocenters. The molecule has 3 aromatic carbocycles. The molecule has 1 atom stereocenters. The summed E-state index contributed by atoms with van der Waals surface area (Å²) in [4.78, 5) is 4.79. The van der Waals surface area contributed by atoms with E-state index >= 15 is 0 Å². The Kier molecular flexibility index (Phi) is 4.39. The molecule has 0 bridgehead atoms. The van der Waals surface area contributed by atoms with Crippen molar-refractivity contribution < 1.29 is 13.9 Å². The molecule has 6 heteroatoms. The maximum Gasteiger partial charge on any atom is 0.209 e. The fourth-order valence-electron chi connectivity index (χ4n) is 3.98. The van der Waals surface area contributed by atoms with Crippen molar-refractivity contribution in [2.45, 2.75) is 6.04 Å². The minimum absolute atomic E-state index is 0.196. The maximum absolute atomic E-state index is 13.5. The van der Waals surface area contributed by atoms with E-state index in [0.717, 1.165) is 27.9 Å². The number of nitrogens with zero attached hydrogens (tertiary/aromatic N) is 2. The number of ether oxygens (including phenoxy) is 2. The van der Waals surface area contributed by atoms with E-state index in [4.69, 9.17) is 14.5 Å². The van der Waals surface area contributed by atoms with Crippen molar-refractivity contribution in [1.82, 2.24) is 9.55 Å². The predicted octanol–water partition coefficient (Wildman–Crippen LogP) is 5.25. The lowest BCUT2D eigenvalue weighted by atomic mass is 9.99. The zero-order valence-corrected chi connectivity index (χ0v) is 16.6. The van der Waals surface area contributed by atoms with E-state index in [1.54, 1.807) is 26.4 Å². The van der Waals surface area contributed by atoms with E-state index in [1.807, 2.05) is 42.5 Å². The molecule has 2 heterocycles. The molecular weight excluding hydrogens is 381 g/mol. The van der Waals surface area contributed by atoms with Gasteiger partial charge in [-0.15, -0.1) is 0 Å². The van der Waals surface area contributed by atoms with E-state index in [1.165, 1.54) is 12.1 Å². The standard InChI is InChI=1S/C24H20FN3O2/c1-29-22-9-5-6-17(23(22)30-2)21-14-19(15-10-12-16(25)13-11-15)27-24-26-18-7-3-4-8-20(18)28(21)24/h3-14,21H,1-2H3,(H,26,27)/t21-/m1/s1. The molecule has 30 heavy (non-hydrogen) atoms. The third-order valence-corrected chi connectivity index (χ3v) is 5.35. The molecule has 0 amide bonds. The smallest absolute Gasteiger partial charge is 0.209 e. The van der Waals surface area contributed by atoms with Gasteiger partial charge in [-0.25, -0.2) is 9.37 Å². The molecule has 0 saturated heterocycles. The molecule has 0 fully saturated rings. The van der Waals surface area contributed by atoms with Crippen molar-refractivity contribution in [1.29, 1.82) is 0 Å². The van der Waals surface area contributed by atoms with Crippen LogP contribution in [0, 0.1) is 5.82 Å². The monoisotopic (exact) mass is 401 g/mol. The molecular formula is C24H20FN3O2. The Hall–Kier alpha value is -3.80. The van der Waals surface area contributed by atoms with Gasteiger partial charge in [-0.3, -0.25) is 4.57 Å². The number of methoxy groups -OCH3 is 2. The summed E-state index contributed by atoms with van der Waals surface area (Å²) in [6.45, 7) is 0. The van der Waals surface area contributed by atoms with Crippen LogP contribution in [0.4, 0.5) is 10.3 Å². The van der Waals surface area contributed by atoms with Crippen LogP contribution in [0.3, 0.4) is 0 Å². The van der Waals surface area contributed by atoms with Gasteiger partial charge in [-0.05, 0) is 54.1 Å². The van der Waals surface area contributed by atoms with Crippen molar-refractivity contribution in [3.05, 3.63) is 89.8 Å². The molecule has 150 valence electrons. The zero-order chi connectivity index (χ0) is 20.7. The molecule has 0 aliphatic carbocycles. The first-order valence-corrected chi connectivity index (χ1v) is 9.62. The highest BCUT2D eigenvalue weighted by molar-refractivity contribution is 5.85. The van der Waals surface area contributed by atoms with Crippen molar-refractivity contribution in [2.24, 2.45) is 0 Å². The van der Waals surface area contributed by atoms with Gasteiger partial charge in [0.15, 0.2) is 11.5 Å². The van der Waals surface area contributed by atoms with Crippen LogP contribution >= 0.6 is 0 Å². The van der Waals surface area contributed by atoms with Gasteiger partial charge in [0.05, 0.1) is 31.3 Å². The van der Waals surface area contributed by atoms with Gasteiger partial charge in [0.2, 0.25) is 5.95 Å². The lowest BCUT2D eigenvalue weighted by Crippen LogP contribution is -2.19. The first kappa shape index (κ1) is 18.2. The molecule has 0 radical (unpaired) electrons. The molecule has 1 aliphatic heterocycles. The predicted molar refractivity (Wildman–Crippen MR) is 115 cm³/mol. The first-order valence-electron chi connectivity index (χ1n) is 9.62. The van der Waals surface area contributed by atoms with E-state index in [0.29, 0.717) is 17.4 Å². The zero-order valence-electron chi connectivity index (χ0n) is 16.6. The third kappa shape index (κ3) is 2.88. The van der Waals surface area contributed by atoms with Crippen LogP contribution in [0.25, 0.3) is 16.7 Å². The molecule has 0 saturated carbocycles. The van der Waals surface area contributed by atoms with Crippen LogP contribution in [-0.4, -0.2) is 23.8 Å². The summed E-state index contributed by atoms with van der Waals surface area (Å²) in [7, 11) is 3.27. The van der Waals surface area contributed by atoms with E-state index < -0.39 is 0 Å². The fraction of sp³-hybridized carbons (Fsp3) is 0.125. The van der Waals surface area contributed by atoms with Crippen molar-refractivity contribution >= 4 is 22.7 Å². The summed E-state index contributed by atoms with van der Waals surface area (Å²) in [5, 5.41) is 3.41. The van der Waals surface area contributed by atoms with Gasteiger partial charge in [0.25, 0.3) is 0 Å². The maximum atomic E-state index is 13.5. The molecule has 1 aromatic heterocycles. The highest BCUT2D eigenvalue weighted by atomic mass is 19.1. The Morgan fingerprint density at radius 1 is 0.933 bits per heavy atom. The van der Waals surface area contributed by atoms with Crippen molar-refractivity contribution in [3.63, 3.8) is 0 Å². The largest absolute Gasteiger partial charge is 0.493 e. The number of hydrogen-bond acceptors (Lipinski definition) is 4. The number of allylic oxidation sites excluding steroid dienone is 1. The van der Waals surface area contributed by atoms with Crippen LogP contribution in [-0.2, 0) is 0 Å². The first-order chi connectivity index (χ1) is 14.7. The van der Waals surface area contributed by atoms with Crippen LogP contribution < -0.4 is 14.8 Å². The normalized spacial score (nSPS) is 15.3. The summed E-state index contributed by atoms with van der Waals surface area (Å²) in [6, 6.07) is 20.1. The quantitative estimate of drug-likeness (QED) is 0.508. The Morgan fingerprint density at radius 2 is 1.73 bits per heavy atom. The van der Waals surface area contributed by atoms with E-state index in [-0.39, 0.29) is 11.9 Å². The summed E-state index contributed by atoms with van der Waals surface area (Å²) < 4.78 is 26.9. The van der Waals surface area contributed by atoms with Gasteiger partial charge in [-0.1, -0.05) is 24.3 Å². The SMILES string of the molecule is COc1cccc([C@H]2C=C(c3ccc(F)cc3)Nc3nc4ccccc4n32)c1OC. The molecule has 1 aliphatic rings. The van der Waals surface area contributed by atoms with Gasteiger partial charge in [-0.2, -0.15) is 0 Å². The Balaban J connectivity index is 1.75. The Morgan fingerprint density at radius 3 is 2.50 bits per heavy atom. The number of para-hydroxylation sites is 3. The Bertz CT molecular complexity index is 1260. The second-order valence-electron chi connectivity index (χ2n) is 7.03. The average Bonchev–Trinajstić information content (AvgIpc) is 3.17. The third-order valence-electron chi connectivity index (χ3n) is 5.35. The number of hydrogen-bond donors (Lipinski definition) is 1. The summed E-state index contributed by atoms with van der Waals surface area (Å²) >= 11 is 0. The van der Waals surface area contributed by atoms with Crippen LogP contribution in [0.1, 0.15) is 17.2 Å². The van der Waals surface area contributed by atoms with Crippen molar-refractivity contribution in [2.75, 3.05) is 19.5 Å². The lowest BCUT2D eigenvalue weighted by Gasteiger charge is -2.28. The summed E-state index contributed by atoms with van der Waals surface area (Å²) in [5.41, 5.74) is 4.57. The van der Waals surface area contributed by atoms with Crippen molar-refractivity contribution in [3.8, 4) is 11.5 Å². The number of nitrogens with one attached hydrogen (secondary N) is 1. The van der Waals surface area contributed by atoms with Crippen LogP contribution in [0.15, 0.2) is 72.8 Å². The average molecular weight is 401 g/mol. The molecule has 5 rings (SSSR count). The second kappa shape index (κ2) is 7.22. The number of halogens is 1. The van der Waals surface area contributed by atoms with E-state index in [9.17, 15) is 4.39 Å².